The van der Waals surface area contributed by atoms with E-state index >= 15 is 0 Å². The molecule has 0 saturated heterocycles. The molecule has 0 aliphatic heterocycles. The van der Waals surface area contributed by atoms with Gasteiger partial charge in [-0.25, -0.2) is 19.4 Å². The van der Waals surface area contributed by atoms with Crippen molar-refractivity contribution in [3.63, 3.8) is 0 Å². The average molecular weight is 411 g/mol. The van der Waals surface area contributed by atoms with Crippen molar-refractivity contribution in [1.29, 1.82) is 0 Å². The van der Waals surface area contributed by atoms with Gasteiger partial charge in [-0.05, 0) is 18.2 Å². The van der Waals surface area contributed by atoms with Crippen molar-refractivity contribution >= 4 is 57.7 Å². The molecule has 0 aliphatic rings. The Morgan fingerprint density at radius 3 is 2.11 bits per heavy atom. The van der Waals surface area contributed by atoms with Crippen LogP contribution in [0.5, 0.6) is 0 Å². The molecule has 3 aromatic rings. The molecule has 0 spiro atoms. The predicted octanol–water partition coefficient (Wildman–Crippen LogP) is 3.15. The fourth-order valence-corrected chi connectivity index (χ4v) is 3.27. The fourth-order valence-electron chi connectivity index (χ4n) is 2.83. The van der Waals surface area contributed by atoms with Gasteiger partial charge in [-0.1, -0.05) is 23.2 Å². The number of methoxy groups -OCH3 is 3. The van der Waals surface area contributed by atoms with E-state index < -0.39 is 17.9 Å². The molecule has 2 heterocycles. The lowest BCUT2D eigenvalue weighted by Gasteiger charge is -2.08. The zero-order chi connectivity index (χ0) is 19.9. The van der Waals surface area contributed by atoms with Crippen molar-refractivity contribution in [3.05, 3.63) is 45.2 Å². The van der Waals surface area contributed by atoms with Crippen LogP contribution < -0.4 is 0 Å². The highest BCUT2D eigenvalue weighted by atomic mass is 35.5. The SMILES string of the molecule is COC(=O)c1c(C(=O)OC)c2c(Cl)nc3ccc(Cl)cc3n2c1C(=O)OC. The lowest BCUT2D eigenvalue weighted by atomic mass is 10.1. The monoisotopic (exact) mass is 410 g/mol. The molecule has 0 aliphatic carbocycles. The number of halogens is 2. The van der Waals surface area contributed by atoms with Crippen LogP contribution in [0, 0.1) is 0 Å². The molecule has 2 aromatic heterocycles. The van der Waals surface area contributed by atoms with E-state index in [0.29, 0.717) is 16.1 Å². The maximum Gasteiger partial charge on any atom is 0.355 e. The second-order valence-electron chi connectivity index (χ2n) is 5.29. The van der Waals surface area contributed by atoms with Gasteiger partial charge in [0.05, 0.1) is 37.9 Å². The molecular formula is C17H12Cl2N2O6. The zero-order valence-electron chi connectivity index (χ0n) is 14.3. The number of carbonyl (C=O) groups excluding carboxylic acids is 3. The van der Waals surface area contributed by atoms with E-state index in [4.69, 9.17) is 37.4 Å². The third kappa shape index (κ3) is 2.87. The first-order valence-corrected chi connectivity index (χ1v) is 8.19. The minimum absolute atomic E-state index is 0.000849. The molecule has 3 rings (SSSR count). The molecule has 10 heteroatoms. The maximum absolute atomic E-state index is 12.5. The van der Waals surface area contributed by atoms with Crippen molar-refractivity contribution in [2.75, 3.05) is 21.3 Å². The number of esters is 3. The number of hydrogen-bond donors (Lipinski definition) is 0. The molecule has 0 atom stereocenters. The van der Waals surface area contributed by atoms with Crippen LogP contribution in [-0.4, -0.2) is 48.6 Å². The van der Waals surface area contributed by atoms with Crippen LogP contribution in [0.4, 0.5) is 0 Å². The van der Waals surface area contributed by atoms with Gasteiger partial charge < -0.3 is 14.2 Å². The summed E-state index contributed by atoms with van der Waals surface area (Å²) in [7, 11) is 3.38. The Kier molecular flexibility index (Phi) is 4.95. The minimum Gasteiger partial charge on any atom is -0.465 e. The Balaban J connectivity index is 2.69. The van der Waals surface area contributed by atoms with Crippen LogP contribution in [0.15, 0.2) is 18.2 Å². The van der Waals surface area contributed by atoms with Crippen LogP contribution in [0.25, 0.3) is 16.6 Å². The predicted molar refractivity (Wildman–Crippen MR) is 96.7 cm³/mol. The summed E-state index contributed by atoms with van der Waals surface area (Å²) in [5.74, 6) is -2.72. The van der Waals surface area contributed by atoms with Crippen molar-refractivity contribution in [1.82, 2.24) is 9.38 Å². The number of ether oxygens (including phenoxy) is 3. The van der Waals surface area contributed by atoms with Gasteiger partial charge in [0.2, 0.25) is 0 Å². The lowest BCUT2D eigenvalue weighted by Crippen LogP contribution is -2.15. The van der Waals surface area contributed by atoms with Gasteiger partial charge in [-0.15, -0.1) is 0 Å². The van der Waals surface area contributed by atoms with Gasteiger partial charge in [0.1, 0.15) is 16.8 Å². The number of hydrogen-bond acceptors (Lipinski definition) is 7. The summed E-state index contributed by atoms with van der Waals surface area (Å²) in [6, 6.07) is 4.68. The standard InChI is InChI=1S/C17H12Cl2N2O6/c1-25-15(22)10-11(16(23)26-2)13(17(24)27-3)21-9-6-7(18)4-5-8(9)20-14(19)12(10)21/h4-6H,1-3H3. The van der Waals surface area contributed by atoms with E-state index in [1.54, 1.807) is 12.1 Å². The highest BCUT2D eigenvalue weighted by Crippen LogP contribution is 2.34. The normalized spacial score (nSPS) is 10.9. The summed E-state index contributed by atoms with van der Waals surface area (Å²) in [5.41, 5.74) is -0.139. The number of benzene rings is 1. The zero-order valence-corrected chi connectivity index (χ0v) is 15.8. The first-order chi connectivity index (χ1) is 12.8. The van der Waals surface area contributed by atoms with Crippen LogP contribution in [-0.2, 0) is 14.2 Å². The summed E-state index contributed by atoms with van der Waals surface area (Å²) < 4.78 is 15.6. The van der Waals surface area contributed by atoms with Crippen molar-refractivity contribution in [2.24, 2.45) is 0 Å². The van der Waals surface area contributed by atoms with Gasteiger partial charge in [0.15, 0.2) is 5.15 Å². The molecule has 0 radical (unpaired) electrons. The van der Waals surface area contributed by atoms with Gasteiger partial charge in [-0.3, -0.25) is 4.40 Å². The second kappa shape index (κ2) is 7.05. The Morgan fingerprint density at radius 2 is 1.52 bits per heavy atom. The van der Waals surface area contributed by atoms with Crippen molar-refractivity contribution in [2.45, 2.75) is 0 Å². The second-order valence-corrected chi connectivity index (χ2v) is 6.09. The van der Waals surface area contributed by atoms with Crippen LogP contribution >= 0.6 is 23.2 Å². The Hall–Kier alpha value is -2.84. The Bertz CT molecular complexity index is 1120. The lowest BCUT2D eigenvalue weighted by molar-refractivity contribution is 0.0536. The van der Waals surface area contributed by atoms with E-state index in [-0.39, 0.29) is 27.5 Å². The summed E-state index contributed by atoms with van der Waals surface area (Å²) in [5, 5.41) is 0.224. The van der Waals surface area contributed by atoms with Crippen molar-refractivity contribution < 1.29 is 28.6 Å². The highest BCUT2D eigenvalue weighted by molar-refractivity contribution is 6.35. The molecular weight excluding hydrogens is 399 g/mol. The number of carbonyl (C=O) groups is 3. The molecule has 0 amide bonds. The molecule has 8 nitrogen and oxygen atoms in total. The van der Waals surface area contributed by atoms with Gasteiger partial charge >= 0.3 is 17.9 Å². The minimum atomic E-state index is -0.939. The van der Waals surface area contributed by atoms with Crippen LogP contribution in [0.2, 0.25) is 10.2 Å². The summed E-state index contributed by atoms with van der Waals surface area (Å²) in [4.78, 5) is 41.6. The van der Waals surface area contributed by atoms with Gasteiger partial charge in [-0.2, -0.15) is 0 Å². The molecule has 0 saturated carbocycles. The number of nitrogens with zero attached hydrogens (tertiary/aromatic N) is 2. The largest absolute Gasteiger partial charge is 0.465 e. The fraction of sp³-hybridized carbons (Fsp3) is 0.176. The first kappa shape index (κ1) is 18.9. The van der Waals surface area contributed by atoms with Crippen molar-refractivity contribution in [3.8, 4) is 0 Å². The highest BCUT2D eigenvalue weighted by Gasteiger charge is 2.35. The molecule has 0 fully saturated rings. The molecule has 0 bridgehead atoms. The number of aromatic nitrogens is 2. The van der Waals surface area contributed by atoms with Gasteiger partial charge in [0.25, 0.3) is 0 Å². The molecule has 1 aromatic carbocycles. The maximum atomic E-state index is 12.5. The van der Waals surface area contributed by atoms with Crippen LogP contribution in [0.3, 0.4) is 0 Å². The third-order valence-electron chi connectivity index (χ3n) is 3.92. The molecule has 27 heavy (non-hydrogen) atoms. The van der Waals surface area contributed by atoms with Gasteiger partial charge in [0, 0.05) is 5.02 Å². The smallest absolute Gasteiger partial charge is 0.355 e. The van der Waals surface area contributed by atoms with E-state index in [9.17, 15) is 14.4 Å². The van der Waals surface area contributed by atoms with E-state index in [1.807, 2.05) is 0 Å². The quantitative estimate of drug-likeness (QED) is 0.483. The number of rotatable bonds is 3. The Morgan fingerprint density at radius 1 is 0.926 bits per heavy atom. The molecule has 0 unspecified atom stereocenters. The number of fused-ring (bicyclic) bond motifs is 3. The van der Waals surface area contributed by atoms with E-state index in [1.165, 1.54) is 10.5 Å². The van der Waals surface area contributed by atoms with E-state index in [0.717, 1.165) is 21.3 Å². The summed E-state index contributed by atoms with van der Waals surface area (Å²) >= 11 is 12.4. The topological polar surface area (TPSA) is 96.2 Å². The average Bonchev–Trinajstić information content (AvgIpc) is 3.03. The molecule has 140 valence electrons. The summed E-state index contributed by atoms with van der Waals surface area (Å²) in [6.07, 6.45) is 0. The molecule has 0 N–H and O–H groups in total. The first-order valence-electron chi connectivity index (χ1n) is 7.43. The third-order valence-corrected chi connectivity index (χ3v) is 4.42. The Labute approximate surface area is 162 Å². The van der Waals surface area contributed by atoms with E-state index in [2.05, 4.69) is 4.98 Å². The van der Waals surface area contributed by atoms with Crippen LogP contribution in [0.1, 0.15) is 31.2 Å². The summed E-state index contributed by atoms with van der Waals surface area (Å²) in [6.45, 7) is 0.